The molecule has 0 N–H and O–H groups in total. The summed E-state index contributed by atoms with van der Waals surface area (Å²) in [7, 11) is 0. The first-order valence-electron chi connectivity index (χ1n) is 9.87. The van der Waals surface area contributed by atoms with Gasteiger partial charge in [0.05, 0.1) is 36.9 Å². The van der Waals surface area contributed by atoms with E-state index in [1.165, 1.54) is 12.1 Å². The summed E-state index contributed by atoms with van der Waals surface area (Å²) in [6, 6.07) is 14.4. The molecule has 2 aromatic rings. The number of ether oxygens (including phenoxy) is 2. The lowest BCUT2D eigenvalue weighted by atomic mass is 9.80. The zero-order chi connectivity index (χ0) is 21.1. The molecule has 4 rings (SSSR count). The molecule has 30 heavy (non-hydrogen) atoms. The standard InChI is InChI=1S/C23H21FN2O4/c24-18-7-6-16(11-25)21(10-18)22(27)17-8-19-13-29-14-20(9-17)26(19)23(28)30-12-15-4-2-1-3-5-15/h1-7,10,17,19-20H,8-9,12-14H2. The van der Waals surface area contributed by atoms with Gasteiger partial charge < -0.3 is 9.47 Å². The Balaban J connectivity index is 1.47. The zero-order valence-electron chi connectivity index (χ0n) is 16.3. The average Bonchev–Trinajstić information content (AvgIpc) is 2.76. The minimum absolute atomic E-state index is 0.0987. The molecule has 2 bridgehead atoms. The Morgan fingerprint density at radius 3 is 2.50 bits per heavy atom. The number of piperidine rings is 1. The molecule has 0 saturated carbocycles. The van der Waals surface area contributed by atoms with Gasteiger partial charge in [-0.25, -0.2) is 9.18 Å². The third kappa shape index (κ3) is 4.05. The molecule has 2 aliphatic heterocycles. The van der Waals surface area contributed by atoms with Crippen molar-refractivity contribution in [2.45, 2.75) is 31.5 Å². The molecular formula is C23H21FN2O4. The number of rotatable bonds is 4. The number of ketones is 1. The van der Waals surface area contributed by atoms with Gasteiger partial charge in [0.25, 0.3) is 0 Å². The molecule has 0 aromatic heterocycles. The Kier molecular flexibility index (Phi) is 5.77. The number of nitrogens with zero attached hydrogens (tertiary/aromatic N) is 2. The molecule has 2 atom stereocenters. The maximum Gasteiger partial charge on any atom is 0.410 e. The van der Waals surface area contributed by atoms with Gasteiger partial charge in [0.2, 0.25) is 0 Å². The lowest BCUT2D eigenvalue weighted by Gasteiger charge is -2.47. The van der Waals surface area contributed by atoms with Gasteiger partial charge in [-0.2, -0.15) is 5.26 Å². The number of carbonyl (C=O) groups is 2. The number of Topliss-reactive ketones (excluding diaryl/α,β-unsaturated/α-hetero) is 1. The zero-order valence-corrected chi connectivity index (χ0v) is 16.3. The Morgan fingerprint density at radius 1 is 1.13 bits per heavy atom. The van der Waals surface area contributed by atoms with Gasteiger partial charge in [-0.3, -0.25) is 9.69 Å². The third-order valence-electron chi connectivity index (χ3n) is 5.67. The Labute approximate surface area is 173 Å². The lowest BCUT2D eigenvalue weighted by molar-refractivity contribution is -0.0755. The van der Waals surface area contributed by atoms with Crippen molar-refractivity contribution in [3.05, 3.63) is 71.0 Å². The number of carbonyl (C=O) groups excluding carboxylic acids is 2. The highest BCUT2D eigenvalue weighted by molar-refractivity contribution is 6.00. The molecule has 0 radical (unpaired) electrons. The fourth-order valence-electron chi connectivity index (χ4n) is 4.26. The van der Waals surface area contributed by atoms with Crippen LogP contribution < -0.4 is 0 Å². The van der Waals surface area contributed by atoms with Gasteiger partial charge in [-0.1, -0.05) is 30.3 Å². The lowest BCUT2D eigenvalue weighted by Crippen LogP contribution is -2.60. The maximum absolute atomic E-state index is 13.7. The van der Waals surface area contributed by atoms with E-state index in [2.05, 4.69) is 0 Å². The van der Waals surface area contributed by atoms with E-state index in [-0.39, 0.29) is 35.6 Å². The number of nitriles is 1. The molecule has 6 nitrogen and oxygen atoms in total. The van der Waals surface area contributed by atoms with Crippen molar-refractivity contribution in [1.29, 1.82) is 5.26 Å². The first-order valence-corrected chi connectivity index (χ1v) is 9.87. The minimum Gasteiger partial charge on any atom is -0.445 e. The van der Waals surface area contributed by atoms with Gasteiger partial charge in [0.1, 0.15) is 12.4 Å². The summed E-state index contributed by atoms with van der Waals surface area (Å²) in [6.45, 7) is 0.803. The molecule has 7 heteroatoms. The van der Waals surface area contributed by atoms with E-state index >= 15 is 0 Å². The SMILES string of the molecule is N#Cc1ccc(F)cc1C(=O)C1CC2COCC(C1)N2C(=O)OCc1ccccc1. The predicted molar refractivity (Wildman–Crippen MR) is 105 cm³/mol. The van der Waals surface area contributed by atoms with Crippen LogP contribution in [0.3, 0.4) is 0 Å². The Morgan fingerprint density at radius 2 is 1.83 bits per heavy atom. The second-order valence-electron chi connectivity index (χ2n) is 7.63. The van der Waals surface area contributed by atoms with Crippen LogP contribution in [0.5, 0.6) is 0 Å². The van der Waals surface area contributed by atoms with Crippen LogP contribution in [0.15, 0.2) is 48.5 Å². The summed E-state index contributed by atoms with van der Waals surface area (Å²) in [6.07, 6.45) is 0.348. The van der Waals surface area contributed by atoms with Crippen LogP contribution in [0, 0.1) is 23.1 Å². The van der Waals surface area contributed by atoms with Gasteiger partial charge in [0.15, 0.2) is 5.78 Å². The summed E-state index contributed by atoms with van der Waals surface area (Å²) in [5, 5.41) is 9.27. The molecule has 154 valence electrons. The minimum atomic E-state index is -0.553. The van der Waals surface area contributed by atoms with Crippen LogP contribution in [0.25, 0.3) is 0 Å². The Bertz CT molecular complexity index is 974. The second kappa shape index (κ2) is 8.64. The van der Waals surface area contributed by atoms with E-state index in [1.54, 1.807) is 4.90 Å². The van der Waals surface area contributed by atoms with E-state index in [4.69, 9.17) is 9.47 Å². The molecule has 2 heterocycles. The molecule has 2 aliphatic rings. The number of amides is 1. The fraction of sp³-hybridized carbons (Fsp3) is 0.348. The largest absolute Gasteiger partial charge is 0.445 e. The quantitative estimate of drug-likeness (QED) is 0.721. The first kappa shape index (κ1) is 20.0. The molecule has 2 saturated heterocycles. The highest BCUT2D eigenvalue weighted by atomic mass is 19.1. The van der Waals surface area contributed by atoms with Crippen molar-refractivity contribution in [2.24, 2.45) is 5.92 Å². The van der Waals surface area contributed by atoms with Crippen molar-refractivity contribution < 1.29 is 23.5 Å². The molecular weight excluding hydrogens is 387 g/mol. The summed E-state index contributed by atoms with van der Waals surface area (Å²) in [4.78, 5) is 27.5. The van der Waals surface area contributed by atoms with Crippen LogP contribution in [-0.4, -0.2) is 42.1 Å². The van der Waals surface area contributed by atoms with Gasteiger partial charge in [0, 0.05) is 11.5 Å². The van der Waals surface area contributed by atoms with E-state index < -0.39 is 17.8 Å². The van der Waals surface area contributed by atoms with Crippen molar-refractivity contribution >= 4 is 11.9 Å². The maximum atomic E-state index is 13.7. The van der Waals surface area contributed by atoms with E-state index in [1.807, 2.05) is 36.4 Å². The number of morpholine rings is 1. The molecule has 1 amide bonds. The summed E-state index contributed by atoms with van der Waals surface area (Å²) in [5.41, 5.74) is 1.15. The van der Waals surface area contributed by atoms with Gasteiger partial charge >= 0.3 is 6.09 Å². The summed E-state index contributed by atoms with van der Waals surface area (Å²) < 4.78 is 24.8. The molecule has 2 unspecified atom stereocenters. The highest BCUT2D eigenvalue weighted by Crippen LogP contribution is 2.34. The average molecular weight is 408 g/mol. The van der Waals surface area contributed by atoms with Crippen molar-refractivity contribution in [2.75, 3.05) is 13.2 Å². The number of benzene rings is 2. The normalized spacial score (nSPS) is 22.8. The molecule has 2 aromatic carbocycles. The van der Waals surface area contributed by atoms with Crippen molar-refractivity contribution in [3.8, 4) is 6.07 Å². The van der Waals surface area contributed by atoms with Crippen LogP contribution in [0.1, 0.15) is 34.3 Å². The number of fused-ring (bicyclic) bond motifs is 2. The van der Waals surface area contributed by atoms with Crippen LogP contribution >= 0.6 is 0 Å². The number of hydrogen-bond acceptors (Lipinski definition) is 5. The van der Waals surface area contributed by atoms with Crippen molar-refractivity contribution in [3.63, 3.8) is 0 Å². The fourth-order valence-corrected chi connectivity index (χ4v) is 4.26. The number of hydrogen-bond donors (Lipinski definition) is 0. The number of halogens is 1. The molecule has 0 spiro atoms. The first-order chi connectivity index (χ1) is 14.6. The van der Waals surface area contributed by atoms with Gasteiger partial charge in [-0.05, 0) is 36.6 Å². The van der Waals surface area contributed by atoms with Crippen LogP contribution in [0.4, 0.5) is 9.18 Å². The topological polar surface area (TPSA) is 79.6 Å². The molecule has 0 aliphatic carbocycles. The third-order valence-corrected chi connectivity index (χ3v) is 5.67. The second-order valence-corrected chi connectivity index (χ2v) is 7.63. The van der Waals surface area contributed by atoms with Crippen molar-refractivity contribution in [1.82, 2.24) is 4.90 Å². The Hall–Kier alpha value is -3.24. The predicted octanol–water partition coefficient (Wildman–Crippen LogP) is 3.70. The summed E-state index contributed by atoms with van der Waals surface area (Å²) >= 11 is 0. The van der Waals surface area contributed by atoms with Gasteiger partial charge in [-0.15, -0.1) is 0 Å². The monoisotopic (exact) mass is 408 g/mol. The van der Waals surface area contributed by atoms with E-state index in [0.717, 1.165) is 11.6 Å². The van der Waals surface area contributed by atoms with Crippen LogP contribution in [-0.2, 0) is 16.1 Å². The highest BCUT2D eigenvalue weighted by Gasteiger charge is 2.44. The smallest absolute Gasteiger partial charge is 0.410 e. The van der Waals surface area contributed by atoms with E-state index in [0.29, 0.717) is 26.1 Å². The summed E-state index contributed by atoms with van der Waals surface area (Å²) in [5.74, 6) is -1.22. The van der Waals surface area contributed by atoms with E-state index in [9.17, 15) is 19.2 Å². The van der Waals surface area contributed by atoms with Crippen LogP contribution in [0.2, 0.25) is 0 Å². The molecule has 2 fully saturated rings.